The summed E-state index contributed by atoms with van der Waals surface area (Å²) < 4.78 is 28.3. The fraction of sp³-hybridized carbons (Fsp3) is 0.529. The molecule has 1 aromatic heterocycles. The van der Waals surface area contributed by atoms with Gasteiger partial charge < -0.3 is 4.52 Å². The molecule has 7 heteroatoms. The molecule has 132 valence electrons. The highest BCUT2D eigenvalue weighted by molar-refractivity contribution is 7.90. The maximum absolute atomic E-state index is 11.5. The molecule has 1 aromatic carbocycles. The Labute approximate surface area is 143 Å². The molecule has 2 aromatic rings. The quantitative estimate of drug-likeness (QED) is 0.763. The molecule has 0 bridgehead atoms. The van der Waals surface area contributed by atoms with Crippen LogP contribution in [0.25, 0.3) is 0 Å². The van der Waals surface area contributed by atoms with Crippen molar-refractivity contribution in [1.82, 2.24) is 15.0 Å². The number of hydrogen-bond donors (Lipinski definition) is 0. The molecule has 0 aliphatic heterocycles. The normalized spacial score (nSPS) is 13.6. The lowest BCUT2D eigenvalue weighted by Gasteiger charge is -2.23. The summed E-state index contributed by atoms with van der Waals surface area (Å²) in [6.45, 7) is 6.84. The van der Waals surface area contributed by atoms with E-state index in [1.165, 1.54) is 6.26 Å². The number of nitrogens with zero attached hydrogens (tertiary/aromatic N) is 3. The standard InChI is InChI=1S/C17H25N3O3S/c1-12(2)10-17-18-16(19-23-17)11-20(4)13(3)14-6-8-15(9-7-14)24(5,21)22/h6-9,12-13H,10-11H2,1-5H3. The van der Waals surface area contributed by atoms with Crippen molar-refractivity contribution in [2.75, 3.05) is 13.3 Å². The molecule has 0 spiro atoms. The highest BCUT2D eigenvalue weighted by Gasteiger charge is 2.16. The van der Waals surface area contributed by atoms with Crippen LogP contribution in [0.4, 0.5) is 0 Å². The minimum absolute atomic E-state index is 0.102. The molecule has 0 saturated carbocycles. The van der Waals surface area contributed by atoms with Gasteiger partial charge in [0.05, 0.1) is 11.4 Å². The van der Waals surface area contributed by atoms with E-state index in [2.05, 4.69) is 35.8 Å². The highest BCUT2D eigenvalue weighted by Crippen LogP contribution is 2.22. The molecule has 0 radical (unpaired) electrons. The summed E-state index contributed by atoms with van der Waals surface area (Å²) >= 11 is 0. The van der Waals surface area contributed by atoms with Crippen molar-refractivity contribution in [2.24, 2.45) is 5.92 Å². The second-order valence-electron chi connectivity index (χ2n) is 6.63. The monoisotopic (exact) mass is 351 g/mol. The molecule has 24 heavy (non-hydrogen) atoms. The van der Waals surface area contributed by atoms with Gasteiger partial charge in [0, 0.05) is 18.7 Å². The Kier molecular flexibility index (Phi) is 5.77. The summed E-state index contributed by atoms with van der Waals surface area (Å²) in [6, 6.07) is 7.08. The van der Waals surface area contributed by atoms with Crippen LogP contribution in [0.15, 0.2) is 33.7 Å². The number of aromatic nitrogens is 2. The van der Waals surface area contributed by atoms with E-state index >= 15 is 0 Å². The molecule has 1 atom stereocenters. The second kappa shape index (κ2) is 7.44. The molecular formula is C17H25N3O3S. The second-order valence-corrected chi connectivity index (χ2v) is 8.65. The molecule has 0 saturated heterocycles. The van der Waals surface area contributed by atoms with Gasteiger partial charge in [-0.05, 0) is 37.6 Å². The van der Waals surface area contributed by atoms with Crippen molar-refractivity contribution in [1.29, 1.82) is 0 Å². The predicted molar refractivity (Wildman–Crippen MR) is 92.3 cm³/mol. The van der Waals surface area contributed by atoms with E-state index in [9.17, 15) is 8.42 Å². The Balaban J connectivity index is 2.03. The van der Waals surface area contributed by atoms with Crippen molar-refractivity contribution in [3.8, 4) is 0 Å². The van der Waals surface area contributed by atoms with Gasteiger partial charge >= 0.3 is 0 Å². The zero-order valence-electron chi connectivity index (χ0n) is 14.9. The van der Waals surface area contributed by atoms with Crippen LogP contribution in [0.1, 0.15) is 44.1 Å². The third kappa shape index (κ3) is 4.88. The summed E-state index contributed by atoms with van der Waals surface area (Å²) in [6.07, 6.45) is 1.99. The minimum Gasteiger partial charge on any atom is -0.339 e. The molecule has 1 heterocycles. The van der Waals surface area contributed by atoms with Gasteiger partial charge in [0.1, 0.15) is 0 Å². The first kappa shape index (κ1) is 18.6. The predicted octanol–water partition coefficient (Wildman–Crippen LogP) is 2.86. The van der Waals surface area contributed by atoms with Crippen molar-refractivity contribution < 1.29 is 12.9 Å². The average Bonchev–Trinajstić information content (AvgIpc) is 2.92. The summed E-state index contributed by atoms with van der Waals surface area (Å²) in [4.78, 5) is 6.84. The fourth-order valence-electron chi connectivity index (χ4n) is 2.39. The number of benzene rings is 1. The van der Waals surface area contributed by atoms with Crippen molar-refractivity contribution in [3.63, 3.8) is 0 Å². The number of sulfone groups is 1. The zero-order chi connectivity index (χ0) is 17.9. The molecule has 0 fully saturated rings. The van der Waals surface area contributed by atoms with E-state index in [-0.39, 0.29) is 6.04 Å². The largest absolute Gasteiger partial charge is 0.339 e. The molecule has 0 aliphatic rings. The van der Waals surface area contributed by atoms with Crippen LogP contribution >= 0.6 is 0 Å². The van der Waals surface area contributed by atoms with Crippen LogP contribution in [0.3, 0.4) is 0 Å². The van der Waals surface area contributed by atoms with Gasteiger partial charge in [-0.25, -0.2) is 8.42 Å². The van der Waals surface area contributed by atoms with E-state index in [0.717, 1.165) is 12.0 Å². The lowest BCUT2D eigenvalue weighted by atomic mass is 10.1. The Morgan fingerprint density at radius 2 is 1.79 bits per heavy atom. The molecule has 0 N–H and O–H groups in total. The Hall–Kier alpha value is -1.73. The van der Waals surface area contributed by atoms with E-state index in [1.54, 1.807) is 12.1 Å². The lowest BCUT2D eigenvalue weighted by molar-refractivity contribution is 0.242. The summed E-state index contributed by atoms with van der Waals surface area (Å²) in [7, 11) is -1.19. The van der Waals surface area contributed by atoms with Crippen molar-refractivity contribution in [3.05, 3.63) is 41.5 Å². The summed E-state index contributed by atoms with van der Waals surface area (Å²) in [5, 5.41) is 4.02. The van der Waals surface area contributed by atoms with Gasteiger partial charge in [-0.15, -0.1) is 0 Å². The van der Waals surface area contributed by atoms with Crippen LogP contribution in [-0.4, -0.2) is 36.8 Å². The average molecular weight is 351 g/mol. The molecule has 0 aliphatic carbocycles. The third-order valence-electron chi connectivity index (χ3n) is 3.94. The van der Waals surface area contributed by atoms with Gasteiger partial charge in [0.25, 0.3) is 0 Å². The lowest BCUT2D eigenvalue weighted by Crippen LogP contribution is -2.22. The SMILES string of the molecule is CC(C)Cc1nc(CN(C)C(C)c2ccc(S(C)(=O)=O)cc2)no1. The molecular weight excluding hydrogens is 326 g/mol. The Morgan fingerprint density at radius 3 is 2.33 bits per heavy atom. The van der Waals surface area contributed by atoms with Crippen LogP contribution in [0.2, 0.25) is 0 Å². The maximum atomic E-state index is 11.5. The van der Waals surface area contributed by atoms with Gasteiger partial charge in [-0.1, -0.05) is 31.1 Å². The minimum atomic E-state index is -3.17. The molecule has 0 amide bonds. The van der Waals surface area contributed by atoms with Gasteiger partial charge in [0.2, 0.25) is 5.89 Å². The Morgan fingerprint density at radius 1 is 1.17 bits per heavy atom. The van der Waals surface area contributed by atoms with E-state index in [0.29, 0.717) is 29.1 Å². The van der Waals surface area contributed by atoms with Crippen LogP contribution in [0.5, 0.6) is 0 Å². The fourth-order valence-corrected chi connectivity index (χ4v) is 3.03. The van der Waals surface area contributed by atoms with Crippen LogP contribution in [-0.2, 0) is 22.8 Å². The maximum Gasteiger partial charge on any atom is 0.226 e. The highest BCUT2D eigenvalue weighted by atomic mass is 32.2. The molecule has 2 rings (SSSR count). The number of rotatable bonds is 7. The number of hydrogen-bond acceptors (Lipinski definition) is 6. The van der Waals surface area contributed by atoms with Crippen molar-refractivity contribution >= 4 is 9.84 Å². The van der Waals surface area contributed by atoms with E-state index in [1.807, 2.05) is 19.2 Å². The van der Waals surface area contributed by atoms with Gasteiger partial charge in [-0.2, -0.15) is 4.98 Å². The first-order chi connectivity index (χ1) is 11.2. The zero-order valence-corrected chi connectivity index (χ0v) is 15.7. The van der Waals surface area contributed by atoms with Gasteiger partial charge in [0.15, 0.2) is 15.7 Å². The van der Waals surface area contributed by atoms with Crippen molar-refractivity contribution in [2.45, 2.75) is 44.7 Å². The van der Waals surface area contributed by atoms with E-state index in [4.69, 9.17) is 4.52 Å². The smallest absolute Gasteiger partial charge is 0.226 e. The Bertz CT molecular complexity index is 767. The van der Waals surface area contributed by atoms with Crippen LogP contribution in [0, 0.1) is 5.92 Å². The molecule has 6 nitrogen and oxygen atoms in total. The topological polar surface area (TPSA) is 76.3 Å². The first-order valence-corrected chi connectivity index (χ1v) is 9.87. The first-order valence-electron chi connectivity index (χ1n) is 7.98. The summed E-state index contributed by atoms with van der Waals surface area (Å²) in [5.41, 5.74) is 1.04. The third-order valence-corrected chi connectivity index (χ3v) is 5.06. The summed E-state index contributed by atoms with van der Waals surface area (Å²) in [5.74, 6) is 1.80. The van der Waals surface area contributed by atoms with E-state index < -0.39 is 9.84 Å². The van der Waals surface area contributed by atoms with Gasteiger partial charge in [-0.3, -0.25) is 4.90 Å². The molecule has 1 unspecified atom stereocenters. The van der Waals surface area contributed by atoms with Crippen LogP contribution < -0.4 is 0 Å².